The van der Waals surface area contributed by atoms with Crippen LogP contribution in [0.4, 0.5) is 0 Å². The molecule has 66 valence electrons. The van der Waals surface area contributed by atoms with Gasteiger partial charge >= 0.3 is 0 Å². The molecule has 1 aliphatic rings. The molecule has 3 nitrogen and oxygen atoms in total. The molecule has 0 spiro atoms. The molecular formula is C10H11N3. The van der Waals surface area contributed by atoms with Crippen molar-refractivity contribution in [1.82, 2.24) is 14.6 Å². The number of rotatable bonds is 1. The molecule has 1 saturated carbocycles. The molecule has 0 radical (unpaired) electrons. The second-order valence-corrected chi connectivity index (χ2v) is 3.72. The lowest BCUT2D eigenvalue weighted by molar-refractivity contribution is 0.855. The molecular weight excluding hydrogens is 162 g/mol. The first kappa shape index (κ1) is 7.06. The molecule has 3 heteroatoms. The van der Waals surface area contributed by atoms with Gasteiger partial charge < -0.3 is 0 Å². The second kappa shape index (κ2) is 2.31. The van der Waals surface area contributed by atoms with Crippen LogP contribution in [0.5, 0.6) is 0 Å². The van der Waals surface area contributed by atoms with Crippen molar-refractivity contribution in [1.29, 1.82) is 0 Å². The number of hydrogen-bond acceptors (Lipinski definition) is 2. The van der Waals surface area contributed by atoms with E-state index in [4.69, 9.17) is 0 Å². The molecule has 0 unspecified atom stereocenters. The minimum Gasteiger partial charge on any atom is -0.232 e. The predicted molar refractivity (Wildman–Crippen MR) is 49.7 cm³/mol. The zero-order valence-electron chi connectivity index (χ0n) is 7.57. The molecule has 2 heterocycles. The first-order valence-electron chi connectivity index (χ1n) is 4.66. The summed E-state index contributed by atoms with van der Waals surface area (Å²) in [4.78, 5) is 4.33. The van der Waals surface area contributed by atoms with Gasteiger partial charge in [0.25, 0.3) is 0 Å². The molecule has 0 bridgehead atoms. The minimum absolute atomic E-state index is 0.715. The van der Waals surface area contributed by atoms with Gasteiger partial charge in [-0.3, -0.25) is 0 Å². The van der Waals surface area contributed by atoms with Crippen LogP contribution in [-0.4, -0.2) is 14.6 Å². The van der Waals surface area contributed by atoms with Crippen molar-refractivity contribution >= 4 is 5.65 Å². The van der Waals surface area contributed by atoms with Crippen molar-refractivity contribution in [3.63, 3.8) is 0 Å². The van der Waals surface area contributed by atoms with Crippen LogP contribution >= 0.6 is 0 Å². The standard InChI is InChI=1S/C10H11N3/c1-7-6-13-10(11-7)5-4-9(12-13)8-2-3-8/h4-6,8H,2-3H2,1H3. The Hall–Kier alpha value is -1.38. The van der Waals surface area contributed by atoms with Crippen LogP contribution in [0.2, 0.25) is 0 Å². The summed E-state index contributed by atoms with van der Waals surface area (Å²) < 4.78 is 1.88. The maximum atomic E-state index is 4.51. The van der Waals surface area contributed by atoms with Crippen LogP contribution in [-0.2, 0) is 0 Å². The van der Waals surface area contributed by atoms with E-state index in [1.807, 2.05) is 23.7 Å². The van der Waals surface area contributed by atoms with E-state index in [1.165, 1.54) is 18.5 Å². The summed E-state index contributed by atoms with van der Waals surface area (Å²) in [6, 6.07) is 4.15. The van der Waals surface area contributed by atoms with Gasteiger partial charge in [-0.25, -0.2) is 9.50 Å². The van der Waals surface area contributed by atoms with Crippen LogP contribution in [0.1, 0.15) is 30.1 Å². The smallest absolute Gasteiger partial charge is 0.153 e. The summed E-state index contributed by atoms with van der Waals surface area (Å²) in [6.07, 6.45) is 4.57. The third-order valence-corrected chi connectivity index (χ3v) is 2.46. The average molecular weight is 173 g/mol. The Morgan fingerprint density at radius 2 is 2.23 bits per heavy atom. The molecule has 2 aromatic heterocycles. The molecule has 0 atom stereocenters. The largest absolute Gasteiger partial charge is 0.232 e. The summed E-state index contributed by atoms with van der Waals surface area (Å²) in [5, 5.41) is 4.51. The summed E-state index contributed by atoms with van der Waals surface area (Å²) in [7, 11) is 0. The van der Waals surface area contributed by atoms with E-state index in [2.05, 4.69) is 16.1 Å². The van der Waals surface area contributed by atoms with Crippen LogP contribution in [0, 0.1) is 6.92 Å². The van der Waals surface area contributed by atoms with Crippen molar-refractivity contribution in [3.8, 4) is 0 Å². The van der Waals surface area contributed by atoms with Gasteiger partial charge in [0, 0.05) is 5.92 Å². The second-order valence-electron chi connectivity index (χ2n) is 3.72. The highest BCUT2D eigenvalue weighted by Gasteiger charge is 2.25. The zero-order valence-corrected chi connectivity index (χ0v) is 7.57. The van der Waals surface area contributed by atoms with Gasteiger partial charge in [0.1, 0.15) is 0 Å². The van der Waals surface area contributed by atoms with Crippen molar-refractivity contribution in [3.05, 3.63) is 29.7 Å². The Morgan fingerprint density at radius 3 is 3.00 bits per heavy atom. The number of fused-ring (bicyclic) bond motifs is 1. The van der Waals surface area contributed by atoms with E-state index in [9.17, 15) is 0 Å². The lowest BCUT2D eigenvalue weighted by Gasteiger charge is -1.96. The fourth-order valence-corrected chi connectivity index (χ4v) is 1.61. The van der Waals surface area contributed by atoms with Gasteiger partial charge in [-0.15, -0.1) is 0 Å². The molecule has 0 saturated heterocycles. The molecule has 0 aromatic carbocycles. The summed E-state index contributed by atoms with van der Waals surface area (Å²) in [5.41, 5.74) is 3.19. The van der Waals surface area contributed by atoms with Gasteiger partial charge in [-0.2, -0.15) is 5.10 Å². The normalized spacial score (nSPS) is 16.7. The Morgan fingerprint density at radius 1 is 1.38 bits per heavy atom. The SMILES string of the molecule is Cc1cn2nc(C3CC3)ccc2n1. The number of aromatic nitrogens is 3. The van der Waals surface area contributed by atoms with Crippen molar-refractivity contribution in [2.24, 2.45) is 0 Å². The van der Waals surface area contributed by atoms with Crippen molar-refractivity contribution in [2.45, 2.75) is 25.7 Å². The zero-order chi connectivity index (χ0) is 8.84. The first-order chi connectivity index (χ1) is 6.33. The van der Waals surface area contributed by atoms with E-state index in [0.717, 1.165) is 11.3 Å². The molecule has 1 aliphatic carbocycles. The maximum absolute atomic E-state index is 4.51. The van der Waals surface area contributed by atoms with Crippen molar-refractivity contribution < 1.29 is 0 Å². The van der Waals surface area contributed by atoms with Gasteiger partial charge in [-0.1, -0.05) is 0 Å². The molecule has 0 N–H and O–H groups in total. The number of imidazole rings is 1. The van der Waals surface area contributed by atoms with E-state index in [-0.39, 0.29) is 0 Å². The Kier molecular flexibility index (Phi) is 1.26. The fourth-order valence-electron chi connectivity index (χ4n) is 1.61. The van der Waals surface area contributed by atoms with Crippen LogP contribution < -0.4 is 0 Å². The molecule has 0 amide bonds. The minimum atomic E-state index is 0.715. The van der Waals surface area contributed by atoms with Gasteiger partial charge in [0.15, 0.2) is 5.65 Å². The van der Waals surface area contributed by atoms with Gasteiger partial charge in [-0.05, 0) is 31.9 Å². The van der Waals surface area contributed by atoms with E-state index in [0.29, 0.717) is 5.92 Å². The molecule has 1 fully saturated rings. The van der Waals surface area contributed by atoms with E-state index in [1.54, 1.807) is 0 Å². The summed E-state index contributed by atoms with van der Waals surface area (Å²) in [5.74, 6) is 0.715. The van der Waals surface area contributed by atoms with Crippen LogP contribution in [0.25, 0.3) is 5.65 Å². The van der Waals surface area contributed by atoms with Crippen LogP contribution in [0.3, 0.4) is 0 Å². The number of hydrogen-bond donors (Lipinski definition) is 0. The molecule has 0 aliphatic heterocycles. The lowest BCUT2D eigenvalue weighted by Crippen LogP contribution is -1.94. The monoisotopic (exact) mass is 173 g/mol. The molecule has 2 aromatic rings. The number of nitrogens with zero attached hydrogens (tertiary/aromatic N) is 3. The number of aryl methyl sites for hydroxylation is 1. The van der Waals surface area contributed by atoms with Crippen LogP contribution in [0.15, 0.2) is 18.3 Å². The Bertz CT molecular complexity index is 454. The Balaban J connectivity index is 2.20. The highest BCUT2D eigenvalue weighted by atomic mass is 15.2. The highest BCUT2D eigenvalue weighted by Crippen LogP contribution is 2.38. The lowest BCUT2D eigenvalue weighted by atomic mass is 10.3. The van der Waals surface area contributed by atoms with E-state index >= 15 is 0 Å². The quantitative estimate of drug-likeness (QED) is 0.659. The van der Waals surface area contributed by atoms with Crippen molar-refractivity contribution in [2.75, 3.05) is 0 Å². The Labute approximate surface area is 76.4 Å². The topological polar surface area (TPSA) is 30.2 Å². The molecule has 3 rings (SSSR count). The first-order valence-corrected chi connectivity index (χ1v) is 4.66. The third-order valence-electron chi connectivity index (χ3n) is 2.46. The highest BCUT2D eigenvalue weighted by molar-refractivity contribution is 5.39. The third kappa shape index (κ3) is 1.11. The summed E-state index contributed by atoms with van der Waals surface area (Å²) >= 11 is 0. The molecule has 13 heavy (non-hydrogen) atoms. The van der Waals surface area contributed by atoms with E-state index < -0.39 is 0 Å². The fraction of sp³-hybridized carbons (Fsp3) is 0.400. The van der Waals surface area contributed by atoms with Gasteiger partial charge in [0.2, 0.25) is 0 Å². The average Bonchev–Trinajstić information content (AvgIpc) is 2.87. The summed E-state index contributed by atoms with van der Waals surface area (Å²) in [6.45, 7) is 1.99. The maximum Gasteiger partial charge on any atom is 0.153 e. The predicted octanol–water partition coefficient (Wildman–Crippen LogP) is 1.92. The van der Waals surface area contributed by atoms with Gasteiger partial charge in [0.05, 0.1) is 17.6 Å².